The normalized spacial score (nSPS) is 27.9. The maximum absolute atomic E-state index is 15.7. The van der Waals surface area contributed by atoms with Crippen molar-refractivity contribution in [2.24, 2.45) is 0 Å². The van der Waals surface area contributed by atoms with E-state index in [1.54, 1.807) is 13.8 Å². The maximum atomic E-state index is 15.7. The van der Waals surface area contributed by atoms with Crippen molar-refractivity contribution < 1.29 is 37.2 Å². The van der Waals surface area contributed by atoms with Crippen molar-refractivity contribution in [1.82, 2.24) is 24.6 Å². The van der Waals surface area contributed by atoms with Crippen LogP contribution in [0.1, 0.15) is 47.3 Å². The van der Waals surface area contributed by atoms with Gasteiger partial charge in [-0.25, -0.2) is 18.9 Å². The van der Waals surface area contributed by atoms with E-state index in [9.17, 15) is 14.5 Å². The van der Waals surface area contributed by atoms with E-state index >= 15 is 8.78 Å². The van der Waals surface area contributed by atoms with Gasteiger partial charge >= 0.3 is 5.97 Å². The van der Waals surface area contributed by atoms with Gasteiger partial charge in [-0.1, -0.05) is 6.92 Å². The molecule has 0 spiro atoms. The summed E-state index contributed by atoms with van der Waals surface area (Å²) in [5, 5.41) is 15.9. The number of hydrogen-bond acceptors (Lipinski definition) is 11. The summed E-state index contributed by atoms with van der Waals surface area (Å²) in [4.78, 5) is 24.2. The third-order valence-corrected chi connectivity index (χ3v) is 6.48. The van der Waals surface area contributed by atoms with Gasteiger partial charge in [0.2, 0.25) is 5.95 Å². The van der Waals surface area contributed by atoms with Gasteiger partial charge in [0.05, 0.1) is 12.4 Å². The fourth-order valence-electron chi connectivity index (χ4n) is 3.61. The number of carbonyl (C=O) groups excluding carboxylic acids is 1. The zero-order valence-corrected chi connectivity index (χ0v) is 21.6. The van der Waals surface area contributed by atoms with Crippen molar-refractivity contribution in [2.75, 3.05) is 24.2 Å². The third kappa shape index (κ3) is 5.75. The molecule has 202 valence electrons. The molecule has 1 fully saturated rings. The first-order chi connectivity index (χ1) is 16.8. The molecule has 36 heavy (non-hydrogen) atoms. The highest BCUT2D eigenvalue weighted by molar-refractivity contribution is 7.36. The molecule has 3 heterocycles. The van der Waals surface area contributed by atoms with Crippen LogP contribution < -0.4 is 16.1 Å². The second-order valence-electron chi connectivity index (χ2n) is 8.92. The SMILES string of the molecule is CCCNc1nc(N)nc2c1ncn2[C@@H]1O[C@](F)(CO[PH](=O)N[C@@H](C)C(=O)OC(C)C)[C@@H](O)[C@@]1(C)F. The smallest absolute Gasteiger partial charge is 0.323 e. The third-order valence-electron chi connectivity index (χ3n) is 5.41. The Balaban J connectivity index is 1.78. The molecule has 2 aromatic rings. The van der Waals surface area contributed by atoms with Gasteiger partial charge in [0.1, 0.15) is 12.6 Å². The Kier molecular flexibility index (Phi) is 8.51. The molecule has 0 radical (unpaired) electrons. The molecule has 0 bridgehead atoms. The number of hydrogen-bond donors (Lipinski definition) is 4. The molecule has 0 aliphatic carbocycles. The molecule has 0 aromatic carbocycles. The lowest BCUT2D eigenvalue weighted by Gasteiger charge is -2.25. The maximum Gasteiger partial charge on any atom is 0.323 e. The number of anilines is 2. The number of aliphatic hydroxyl groups excluding tert-OH is 1. The number of aliphatic hydroxyl groups is 1. The largest absolute Gasteiger partial charge is 0.462 e. The first-order valence-electron chi connectivity index (χ1n) is 11.4. The molecule has 1 unspecified atom stereocenters. The zero-order chi connectivity index (χ0) is 26.8. The predicted molar refractivity (Wildman–Crippen MR) is 127 cm³/mol. The number of nitrogens with two attached hydrogens (primary N) is 1. The molecular weight excluding hydrogens is 503 g/mol. The van der Waals surface area contributed by atoms with E-state index in [2.05, 4.69) is 25.4 Å². The molecule has 1 aliphatic heterocycles. The van der Waals surface area contributed by atoms with Crippen LogP contribution in [0, 0.1) is 0 Å². The lowest BCUT2D eigenvalue weighted by Crippen LogP contribution is -2.46. The summed E-state index contributed by atoms with van der Waals surface area (Å²) < 4.78 is 59.9. The number of fused-ring (bicyclic) bond motifs is 1. The predicted octanol–water partition coefficient (Wildman–Crippen LogP) is 1.85. The molecular formula is C20H32F2N7O6P. The molecule has 16 heteroatoms. The standard InChI is InChI=1S/C20H32F2N7O6P/c1-6-7-24-13-12-14(27-18(23)26-13)29(9-25-12)17-19(5,21)16(31)20(22,35-17)8-33-36(32)28-11(4)15(30)34-10(2)3/h9-11,16-17,31,36H,6-8H2,1-5H3,(H,28,32)(H3,23,24,26,27)/t11-,16-,17+,19+,20+/m0/s1. The molecule has 3 rings (SSSR count). The van der Waals surface area contributed by atoms with Gasteiger partial charge in [0.25, 0.3) is 14.0 Å². The molecule has 2 aromatic heterocycles. The van der Waals surface area contributed by atoms with Crippen LogP contribution in [0.3, 0.4) is 0 Å². The lowest BCUT2D eigenvalue weighted by molar-refractivity contribution is -0.201. The monoisotopic (exact) mass is 535 g/mol. The molecule has 1 aliphatic rings. The Morgan fingerprint density at radius 2 is 2.08 bits per heavy atom. The Hall–Kier alpha value is -2.45. The highest BCUT2D eigenvalue weighted by Gasteiger charge is 2.64. The van der Waals surface area contributed by atoms with Gasteiger partial charge in [-0.2, -0.15) is 9.97 Å². The van der Waals surface area contributed by atoms with E-state index < -0.39 is 56.8 Å². The van der Waals surface area contributed by atoms with Crippen molar-refractivity contribution >= 4 is 37.1 Å². The van der Waals surface area contributed by atoms with E-state index in [-0.39, 0.29) is 17.1 Å². The van der Waals surface area contributed by atoms with Crippen molar-refractivity contribution in [3.05, 3.63) is 6.33 Å². The highest BCUT2D eigenvalue weighted by Crippen LogP contribution is 2.49. The summed E-state index contributed by atoms with van der Waals surface area (Å²) in [5.41, 5.74) is 3.41. The van der Waals surface area contributed by atoms with E-state index in [1.807, 2.05) is 6.92 Å². The lowest BCUT2D eigenvalue weighted by atomic mass is 9.97. The number of imidazole rings is 1. The summed E-state index contributed by atoms with van der Waals surface area (Å²) >= 11 is 0. The fraction of sp³-hybridized carbons (Fsp3) is 0.700. The minimum atomic E-state index is -3.20. The number of alkyl halides is 2. The summed E-state index contributed by atoms with van der Waals surface area (Å²) in [6.45, 7) is 7.04. The van der Waals surface area contributed by atoms with E-state index in [0.29, 0.717) is 12.4 Å². The number of ether oxygens (including phenoxy) is 2. The van der Waals surface area contributed by atoms with Crippen LogP contribution in [0.4, 0.5) is 20.5 Å². The molecule has 6 atom stereocenters. The van der Waals surface area contributed by atoms with E-state index in [0.717, 1.165) is 17.9 Å². The van der Waals surface area contributed by atoms with Crippen LogP contribution in [-0.4, -0.2) is 73.5 Å². The number of halogens is 2. The molecule has 0 saturated carbocycles. The number of esters is 1. The van der Waals surface area contributed by atoms with Gasteiger partial charge in [0.15, 0.2) is 35.0 Å². The highest BCUT2D eigenvalue weighted by atomic mass is 31.1. The van der Waals surface area contributed by atoms with Gasteiger partial charge in [0, 0.05) is 6.54 Å². The Labute approximate surface area is 207 Å². The fourth-order valence-corrected chi connectivity index (χ4v) is 4.49. The van der Waals surface area contributed by atoms with Crippen LogP contribution in [0.15, 0.2) is 6.33 Å². The van der Waals surface area contributed by atoms with Crippen molar-refractivity contribution in [3.8, 4) is 0 Å². The van der Waals surface area contributed by atoms with Gasteiger partial charge in [-0.3, -0.25) is 13.9 Å². The number of rotatable bonds is 11. The number of aromatic nitrogens is 4. The number of nitrogens with one attached hydrogen (secondary N) is 2. The minimum Gasteiger partial charge on any atom is -0.462 e. The zero-order valence-electron chi connectivity index (χ0n) is 20.6. The summed E-state index contributed by atoms with van der Waals surface area (Å²) in [6.07, 6.45) is -2.49. The summed E-state index contributed by atoms with van der Waals surface area (Å²) in [6, 6.07) is -1.01. The Morgan fingerprint density at radius 3 is 2.72 bits per heavy atom. The van der Waals surface area contributed by atoms with Crippen LogP contribution in [0.25, 0.3) is 11.2 Å². The van der Waals surface area contributed by atoms with Crippen LogP contribution in [0.5, 0.6) is 0 Å². The van der Waals surface area contributed by atoms with Crippen LogP contribution in [0.2, 0.25) is 0 Å². The van der Waals surface area contributed by atoms with Crippen molar-refractivity contribution in [3.63, 3.8) is 0 Å². The van der Waals surface area contributed by atoms with Gasteiger partial charge < -0.3 is 30.2 Å². The first kappa shape index (κ1) is 28.1. The Bertz CT molecular complexity index is 1120. The summed E-state index contributed by atoms with van der Waals surface area (Å²) in [5.74, 6) is -3.60. The van der Waals surface area contributed by atoms with Gasteiger partial charge in [-0.15, -0.1) is 0 Å². The molecule has 0 amide bonds. The molecule has 13 nitrogen and oxygen atoms in total. The van der Waals surface area contributed by atoms with E-state index in [1.165, 1.54) is 13.3 Å². The number of carbonyl (C=O) groups is 1. The first-order valence-corrected chi connectivity index (χ1v) is 12.7. The molecule has 5 N–H and O–H groups in total. The summed E-state index contributed by atoms with van der Waals surface area (Å²) in [7, 11) is -3.20. The number of nitrogen functional groups attached to an aromatic ring is 1. The van der Waals surface area contributed by atoms with Crippen molar-refractivity contribution in [2.45, 2.75) is 77.0 Å². The average molecular weight is 535 g/mol. The minimum absolute atomic E-state index is 0.0556. The molecule has 1 saturated heterocycles. The van der Waals surface area contributed by atoms with Crippen molar-refractivity contribution in [1.29, 1.82) is 0 Å². The Morgan fingerprint density at radius 1 is 1.39 bits per heavy atom. The average Bonchev–Trinajstić information content (AvgIpc) is 3.28. The van der Waals surface area contributed by atoms with Crippen LogP contribution in [-0.2, 0) is 23.4 Å². The van der Waals surface area contributed by atoms with E-state index in [4.69, 9.17) is 19.7 Å². The van der Waals surface area contributed by atoms with Gasteiger partial charge in [-0.05, 0) is 34.1 Å². The second-order valence-corrected chi connectivity index (χ2v) is 10.1. The van der Waals surface area contributed by atoms with Crippen LogP contribution >= 0.6 is 8.18 Å². The quantitative estimate of drug-likeness (QED) is 0.243. The second kappa shape index (κ2) is 10.9. The topological polar surface area (TPSA) is 176 Å². The number of nitrogens with zero attached hydrogens (tertiary/aromatic N) is 4.